The number of carbonyl (C=O) groups is 4. The van der Waals surface area contributed by atoms with Gasteiger partial charge in [0.25, 0.3) is 5.91 Å². The largest absolute Gasteiger partial charge is 0.471 e. The van der Waals surface area contributed by atoms with Gasteiger partial charge in [0.15, 0.2) is 0 Å². The van der Waals surface area contributed by atoms with Crippen LogP contribution in [0, 0.1) is 23.2 Å². The van der Waals surface area contributed by atoms with Crippen LogP contribution in [0.5, 0.6) is 5.88 Å². The van der Waals surface area contributed by atoms with Crippen molar-refractivity contribution in [1.29, 1.82) is 0 Å². The van der Waals surface area contributed by atoms with Gasteiger partial charge in [-0.05, 0) is 86.8 Å². The van der Waals surface area contributed by atoms with Crippen LogP contribution in [0.3, 0.4) is 0 Å². The maximum absolute atomic E-state index is 14.7. The van der Waals surface area contributed by atoms with Gasteiger partial charge in [-0.2, -0.15) is 0 Å². The second-order valence-electron chi connectivity index (χ2n) is 17.8. The number of sulfonamides is 1. The summed E-state index contributed by atoms with van der Waals surface area (Å²) in [5, 5.41) is 4.87. The first-order valence-corrected chi connectivity index (χ1v) is 22.4. The van der Waals surface area contributed by atoms with E-state index in [9.17, 15) is 36.4 Å². The van der Waals surface area contributed by atoms with E-state index in [1.165, 1.54) is 4.90 Å². The van der Waals surface area contributed by atoms with Gasteiger partial charge < -0.3 is 25.0 Å². The van der Waals surface area contributed by atoms with E-state index in [2.05, 4.69) is 17.6 Å². The Bertz CT molecular complexity index is 2050. The fraction of sp³-hybridized carbons (Fsp3) is 0.700. The van der Waals surface area contributed by atoms with E-state index in [1.54, 1.807) is 39.0 Å². The molecule has 1 aromatic carbocycles. The van der Waals surface area contributed by atoms with Crippen molar-refractivity contribution in [2.75, 3.05) is 6.54 Å². The molecule has 318 valence electrons. The summed E-state index contributed by atoms with van der Waals surface area (Å²) in [5.74, 6) is -3.76. The summed E-state index contributed by atoms with van der Waals surface area (Å²) in [6, 6.07) is 2.57. The molecule has 4 fully saturated rings. The highest BCUT2D eigenvalue weighted by Gasteiger charge is 2.67. The smallest absolute Gasteiger partial charge is 0.408 e. The van der Waals surface area contributed by atoms with Crippen molar-refractivity contribution in [2.24, 2.45) is 23.2 Å². The minimum Gasteiger partial charge on any atom is -0.471 e. The summed E-state index contributed by atoms with van der Waals surface area (Å²) in [4.78, 5) is 67.1. The van der Waals surface area contributed by atoms with Gasteiger partial charge >= 0.3 is 6.09 Å². The fourth-order valence-corrected chi connectivity index (χ4v) is 10.5. The molecule has 3 heterocycles. The van der Waals surface area contributed by atoms with Gasteiger partial charge in [-0.1, -0.05) is 58.6 Å². The van der Waals surface area contributed by atoms with Crippen LogP contribution >= 0.6 is 11.6 Å². The van der Waals surface area contributed by atoms with Gasteiger partial charge in [-0.15, -0.1) is 0 Å². The lowest BCUT2D eigenvalue weighted by atomic mass is 9.85. The van der Waals surface area contributed by atoms with E-state index < -0.39 is 87.0 Å². The molecule has 8 atom stereocenters. The highest BCUT2D eigenvalue weighted by atomic mass is 35.5. The molecule has 58 heavy (non-hydrogen) atoms. The number of alkyl halides is 2. The molecule has 18 heteroatoms. The number of hydrogen-bond acceptors (Lipinski definition) is 10. The third-order valence-corrected chi connectivity index (χ3v) is 14.6. The molecule has 4 amide bonds. The van der Waals surface area contributed by atoms with Crippen LogP contribution in [0.1, 0.15) is 104 Å². The predicted molar refractivity (Wildman–Crippen MR) is 209 cm³/mol. The number of rotatable bonds is 7. The molecule has 14 nitrogen and oxygen atoms in total. The first-order valence-electron chi connectivity index (χ1n) is 20.5. The monoisotopic (exact) mass is 850 g/mol. The first-order chi connectivity index (χ1) is 27.4. The Morgan fingerprint density at radius 3 is 2.48 bits per heavy atom. The van der Waals surface area contributed by atoms with Crippen LogP contribution in [0.15, 0.2) is 18.2 Å². The minimum atomic E-state index is -4.14. The summed E-state index contributed by atoms with van der Waals surface area (Å²) in [6.07, 6.45) is 1.51. The number of benzene rings is 1. The Morgan fingerprint density at radius 1 is 1.05 bits per heavy atom. The Balaban J connectivity index is 1.23. The third kappa shape index (κ3) is 8.85. The van der Waals surface area contributed by atoms with Crippen LogP contribution in [-0.2, 0) is 35.6 Å². The maximum atomic E-state index is 14.7. The molecule has 5 aliphatic rings. The topological polar surface area (TPSA) is 186 Å². The molecule has 3 N–H and O–H groups in total. The van der Waals surface area contributed by atoms with E-state index in [0.717, 1.165) is 38.5 Å². The highest BCUT2D eigenvalue weighted by molar-refractivity contribution is 7.91. The summed E-state index contributed by atoms with van der Waals surface area (Å²) in [6.45, 7) is 7.23. The van der Waals surface area contributed by atoms with Crippen LogP contribution in [-0.4, -0.2) is 95.2 Å². The molecule has 0 radical (unpaired) electrons. The average molecular weight is 851 g/mol. The number of amides is 4. The number of ether oxygens (including phenoxy) is 2. The molecule has 3 saturated carbocycles. The molecule has 2 bridgehead atoms. The Kier molecular flexibility index (Phi) is 11.9. The zero-order valence-corrected chi connectivity index (χ0v) is 34.8. The normalized spacial score (nSPS) is 31.0. The van der Waals surface area contributed by atoms with Crippen LogP contribution < -0.4 is 20.1 Å². The number of carbonyl (C=O) groups excluding carboxylic acids is 4. The molecule has 2 aromatic rings. The zero-order valence-electron chi connectivity index (χ0n) is 33.3. The van der Waals surface area contributed by atoms with Crippen molar-refractivity contribution in [1.82, 2.24) is 30.2 Å². The second-order valence-corrected chi connectivity index (χ2v) is 20.2. The van der Waals surface area contributed by atoms with Gasteiger partial charge in [0.2, 0.25) is 34.1 Å². The summed E-state index contributed by atoms with van der Waals surface area (Å²) in [7, 11) is -4.14. The number of aryl methyl sites for hydroxylation is 1. The highest BCUT2D eigenvalue weighted by Crippen LogP contribution is 2.49. The quantitative estimate of drug-likeness (QED) is 0.324. The van der Waals surface area contributed by atoms with Crippen molar-refractivity contribution in [3.05, 3.63) is 28.9 Å². The number of nitrogens with one attached hydrogen (secondary N) is 3. The molecular weight excluding hydrogens is 798 g/mol. The van der Waals surface area contributed by atoms with Crippen molar-refractivity contribution in [2.45, 2.75) is 146 Å². The summed E-state index contributed by atoms with van der Waals surface area (Å²) >= 11 is 6.31. The van der Waals surface area contributed by atoms with Crippen LogP contribution in [0.2, 0.25) is 5.02 Å². The lowest BCUT2D eigenvalue weighted by Gasteiger charge is -2.36. The number of alkyl carbamates (subject to hydrolysis) is 1. The molecule has 8 unspecified atom stereocenters. The van der Waals surface area contributed by atoms with Gasteiger partial charge in [0.1, 0.15) is 35.5 Å². The second kappa shape index (κ2) is 16.3. The van der Waals surface area contributed by atoms with E-state index >= 15 is 0 Å². The lowest BCUT2D eigenvalue weighted by molar-refractivity contribution is -0.143. The van der Waals surface area contributed by atoms with Gasteiger partial charge in [-0.3, -0.25) is 19.1 Å². The lowest BCUT2D eigenvalue weighted by Crippen LogP contribution is -2.60. The van der Waals surface area contributed by atoms with E-state index in [-0.39, 0.29) is 30.9 Å². The SMILES string of the molecule is CCC1CCC2OC(=O)NC(C(C)(C)C)C(=O)N3CC(CC3C(=O)NC3(C(=O)NS(=O)(=O)C4CC4)CC3C(F)F)Oc3nc4cc(Cl)ccc4nc3CCCCCC12. The molecular formula is C40H53ClF2N6O8S. The average Bonchev–Trinajstić information content (AvgIpc) is 4.06. The first kappa shape index (κ1) is 42.3. The zero-order chi connectivity index (χ0) is 41.7. The third-order valence-electron chi connectivity index (χ3n) is 12.6. The summed E-state index contributed by atoms with van der Waals surface area (Å²) < 4.78 is 68.3. The van der Waals surface area contributed by atoms with Gasteiger partial charge in [-0.25, -0.2) is 32.0 Å². The number of fused-ring (bicyclic) bond motifs is 5. The number of hydrogen-bond donors (Lipinski definition) is 3. The maximum Gasteiger partial charge on any atom is 0.408 e. The van der Waals surface area contributed by atoms with Crippen molar-refractivity contribution in [3.63, 3.8) is 0 Å². The molecule has 1 aromatic heterocycles. The Hall–Kier alpha value is -3.86. The summed E-state index contributed by atoms with van der Waals surface area (Å²) in [5.41, 5.74) is -1.45. The van der Waals surface area contributed by atoms with Gasteiger partial charge in [0.05, 0.1) is 28.7 Å². The minimum absolute atomic E-state index is 0.146. The van der Waals surface area contributed by atoms with Crippen LogP contribution in [0.25, 0.3) is 11.0 Å². The fourth-order valence-electron chi connectivity index (χ4n) is 9.01. The van der Waals surface area contributed by atoms with Crippen molar-refractivity contribution >= 4 is 56.5 Å². The van der Waals surface area contributed by atoms with E-state index in [1.807, 2.05) is 4.72 Å². The van der Waals surface area contributed by atoms with Crippen molar-refractivity contribution < 1.29 is 45.9 Å². The molecule has 0 spiro atoms. The number of aromatic nitrogens is 2. The Morgan fingerprint density at radius 2 is 1.81 bits per heavy atom. The van der Waals surface area contributed by atoms with Gasteiger partial charge in [0, 0.05) is 11.4 Å². The molecule has 1 saturated heterocycles. The Labute approximate surface area is 342 Å². The van der Waals surface area contributed by atoms with E-state index in [0.29, 0.717) is 53.4 Å². The van der Waals surface area contributed by atoms with E-state index in [4.69, 9.17) is 31.0 Å². The van der Waals surface area contributed by atoms with Crippen LogP contribution in [0.4, 0.5) is 13.6 Å². The molecule has 7 rings (SSSR count). The predicted octanol–water partition coefficient (Wildman–Crippen LogP) is 5.44. The van der Waals surface area contributed by atoms with Crippen molar-refractivity contribution in [3.8, 4) is 5.88 Å². The number of halogens is 3. The molecule has 3 aliphatic carbocycles. The standard InChI is InChI=1S/C40H53ClF2N6O8S/c1-5-21-11-16-31-25(21)9-7-6-8-10-28-35(45-29-17-22(41)12-15-27(29)44-28)56-23-18-30(49(20-23)36(51)32(39(2,3)4)46-38(53)57-31)34(50)47-40(19-26(40)33(42)43)37(52)48-58(54,55)24-13-14-24/h12,15,17,21,23-26,30-33H,5-11,13-14,16,18-20H2,1-4H3,(H,46,53)(H,47,50)(H,48,52). The number of nitrogens with zero attached hydrogens (tertiary/aromatic N) is 3. The molecule has 2 aliphatic heterocycles.